The van der Waals surface area contributed by atoms with Crippen molar-refractivity contribution in [1.29, 1.82) is 0 Å². The minimum atomic E-state index is 0.0302. The molecule has 0 aromatic heterocycles. The average Bonchev–Trinajstić information content (AvgIpc) is 2.66. The molecule has 2 heteroatoms. The van der Waals surface area contributed by atoms with Crippen molar-refractivity contribution in [3.63, 3.8) is 0 Å². The van der Waals surface area contributed by atoms with E-state index in [1.807, 2.05) is 0 Å². The second-order valence-corrected chi connectivity index (χ2v) is 5.58. The Bertz CT molecular complexity index is 411. The molecule has 0 fully saturated rings. The summed E-state index contributed by atoms with van der Waals surface area (Å²) >= 11 is 0. The van der Waals surface area contributed by atoms with Crippen molar-refractivity contribution in [1.82, 2.24) is 0 Å². The van der Waals surface area contributed by atoms with Crippen LogP contribution in [0.2, 0.25) is 0 Å². The van der Waals surface area contributed by atoms with Gasteiger partial charge in [0, 0.05) is 5.56 Å². The summed E-state index contributed by atoms with van der Waals surface area (Å²) in [5.41, 5.74) is 8.97. The molecule has 1 aliphatic rings. The molecular weight excluding hydrogens is 210 g/mol. The number of hydrogen-bond donors (Lipinski definition) is 1. The molecule has 0 radical (unpaired) electrons. The SMILES string of the molecule is CCC1Oc2ccc(C(C)(C)CC)cc2C1N. The number of benzene rings is 1. The van der Waals surface area contributed by atoms with Crippen molar-refractivity contribution in [3.05, 3.63) is 29.3 Å². The summed E-state index contributed by atoms with van der Waals surface area (Å²) in [5.74, 6) is 0.972. The molecule has 1 aromatic carbocycles. The Balaban J connectivity index is 2.37. The summed E-state index contributed by atoms with van der Waals surface area (Å²) in [6.07, 6.45) is 2.23. The molecule has 94 valence electrons. The van der Waals surface area contributed by atoms with Gasteiger partial charge in [0.2, 0.25) is 0 Å². The number of rotatable bonds is 3. The van der Waals surface area contributed by atoms with E-state index in [1.165, 1.54) is 11.1 Å². The first-order chi connectivity index (χ1) is 7.99. The quantitative estimate of drug-likeness (QED) is 0.866. The predicted octanol–water partition coefficient (Wildman–Crippen LogP) is 3.55. The maximum atomic E-state index is 6.23. The second-order valence-electron chi connectivity index (χ2n) is 5.58. The van der Waals surface area contributed by atoms with E-state index in [-0.39, 0.29) is 17.6 Å². The van der Waals surface area contributed by atoms with E-state index in [2.05, 4.69) is 45.9 Å². The van der Waals surface area contributed by atoms with Crippen molar-refractivity contribution in [2.24, 2.45) is 5.73 Å². The number of hydrogen-bond acceptors (Lipinski definition) is 2. The smallest absolute Gasteiger partial charge is 0.124 e. The average molecular weight is 233 g/mol. The Morgan fingerprint density at radius 2 is 2.00 bits per heavy atom. The summed E-state index contributed by atoms with van der Waals surface area (Å²) in [7, 11) is 0. The van der Waals surface area contributed by atoms with Gasteiger partial charge in [-0.1, -0.05) is 33.8 Å². The third kappa shape index (κ3) is 2.06. The Hall–Kier alpha value is -1.02. The van der Waals surface area contributed by atoms with Gasteiger partial charge >= 0.3 is 0 Å². The van der Waals surface area contributed by atoms with Crippen LogP contribution in [0, 0.1) is 0 Å². The van der Waals surface area contributed by atoms with Gasteiger partial charge in [0.05, 0.1) is 6.04 Å². The molecule has 2 atom stereocenters. The fourth-order valence-electron chi connectivity index (χ4n) is 2.32. The number of nitrogens with two attached hydrogens (primary N) is 1. The van der Waals surface area contributed by atoms with Crippen LogP contribution in [0.25, 0.3) is 0 Å². The first-order valence-corrected chi connectivity index (χ1v) is 6.56. The molecule has 0 bridgehead atoms. The van der Waals surface area contributed by atoms with Crippen molar-refractivity contribution >= 4 is 0 Å². The molecule has 2 N–H and O–H groups in total. The van der Waals surface area contributed by atoms with Crippen molar-refractivity contribution < 1.29 is 4.74 Å². The lowest BCUT2D eigenvalue weighted by molar-refractivity contribution is 0.202. The Morgan fingerprint density at radius 1 is 1.29 bits per heavy atom. The van der Waals surface area contributed by atoms with Crippen LogP contribution in [-0.2, 0) is 5.41 Å². The van der Waals surface area contributed by atoms with Gasteiger partial charge in [-0.2, -0.15) is 0 Å². The minimum Gasteiger partial charge on any atom is -0.488 e. The molecule has 2 unspecified atom stereocenters. The van der Waals surface area contributed by atoms with Crippen LogP contribution >= 0.6 is 0 Å². The van der Waals surface area contributed by atoms with Crippen LogP contribution in [0.15, 0.2) is 18.2 Å². The number of ether oxygens (including phenoxy) is 1. The lowest BCUT2D eigenvalue weighted by Gasteiger charge is -2.24. The predicted molar refractivity (Wildman–Crippen MR) is 71.4 cm³/mol. The van der Waals surface area contributed by atoms with Gasteiger partial charge in [-0.05, 0) is 36.0 Å². The minimum absolute atomic E-state index is 0.0302. The lowest BCUT2D eigenvalue weighted by Crippen LogP contribution is -2.24. The van der Waals surface area contributed by atoms with Gasteiger partial charge in [0.1, 0.15) is 11.9 Å². The zero-order valence-electron chi connectivity index (χ0n) is 11.3. The summed E-state index contributed by atoms with van der Waals surface area (Å²) in [4.78, 5) is 0. The van der Waals surface area contributed by atoms with Crippen LogP contribution in [0.4, 0.5) is 0 Å². The van der Waals surface area contributed by atoms with Crippen molar-refractivity contribution in [2.75, 3.05) is 0 Å². The largest absolute Gasteiger partial charge is 0.488 e. The van der Waals surface area contributed by atoms with E-state index in [4.69, 9.17) is 10.5 Å². The van der Waals surface area contributed by atoms with Gasteiger partial charge in [-0.15, -0.1) is 0 Å². The molecule has 2 nitrogen and oxygen atoms in total. The van der Waals surface area contributed by atoms with Crippen molar-refractivity contribution in [2.45, 2.75) is 58.1 Å². The fourth-order valence-corrected chi connectivity index (χ4v) is 2.32. The maximum absolute atomic E-state index is 6.23. The Labute approximate surface area is 104 Å². The molecule has 1 aliphatic heterocycles. The van der Waals surface area contributed by atoms with Crippen molar-refractivity contribution in [3.8, 4) is 5.75 Å². The summed E-state index contributed by atoms with van der Waals surface area (Å²) < 4.78 is 5.84. The third-order valence-electron chi connectivity index (χ3n) is 4.12. The maximum Gasteiger partial charge on any atom is 0.124 e. The van der Waals surface area contributed by atoms with Crippen LogP contribution in [-0.4, -0.2) is 6.10 Å². The van der Waals surface area contributed by atoms with E-state index >= 15 is 0 Å². The van der Waals surface area contributed by atoms with Crippen LogP contribution in [0.1, 0.15) is 57.7 Å². The van der Waals surface area contributed by atoms with Gasteiger partial charge in [-0.3, -0.25) is 0 Å². The number of fused-ring (bicyclic) bond motifs is 1. The first-order valence-electron chi connectivity index (χ1n) is 6.56. The second kappa shape index (κ2) is 4.34. The molecule has 0 saturated carbocycles. The highest BCUT2D eigenvalue weighted by Gasteiger charge is 2.31. The molecule has 0 saturated heterocycles. The molecule has 2 rings (SSSR count). The Morgan fingerprint density at radius 3 is 2.59 bits per heavy atom. The molecule has 0 spiro atoms. The van der Waals surface area contributed by atoms with E-state index < -0.39 is 0 Å². The summed E-state index contributed by atoms with van der Waals surface area (Å²) in [6, 6.07) is 6.52. The Kier molecular flexibility index (Phi) is 3.17. The van der Waals surface area contributed by atoms with Gasteiger partial charge in [0.25, 0.3) is 0 Å². The molecule has 1 heterocycles. The van der Waals surface area contributed by atoms with Crippen LogP contribution in [0.5, 0.6) is 5.75 Å². The zero-order valence-corrected chi connectivity index (χ0v) is 11.3. The molecule has 1 aromatic rings. The van der Waals surface area contributed by atoms with E-state index in [0.717, 1.165) is 18.6 Å². The van der Waals surface area contributed by atoms with Crippen LogP contribution in [0.3, 0.4) is 0 Å². The highest BCUT2D eigenvalue weighted by molar-refractivity contribution is 5.45. The van der Waals surface area contributed by atoms with E-state index in [0.29, 0.717) is 0 Å². The zero-order chi connectivity index (χ0) is 12.6. The van der Waals surface area contributed by atoms with Gasteiger partial charge < -0.3 is 10.5 Å². The van der Waals surface area contributed by atoms with E-state index in [1.54, 1.807) is 0 Å². The van der Waals surface area contributed by atoms with Gasteiger partial charge in [0.15, 0.2) is 0 Å². The third-order valence-corrected chi connectivity index (χ3v) is 4.12. The normalized spacial score (nSPS) is 23.4. The van der Waals surface area contributed by atoms with Gasteiger partial charge in [-0.25, -0.2) is 0 Å². The molecular formula is C15H23NO. The molecule has 17 heavy (non-hydrogen) atoms. The lowest BCUT2D eigenvalue weighted by atomic mass is 9.81. The van der Waals surface area contributed by atoms with E-state index in [9.17, 15) is 0 Å². The molecule has 0 amide bonds. The first kappa shape index (κ1) is 12.4. The topological polar surface area (TPSA) is 35.2 Å². The standard InChI is InChI=1S/C15H23NO/c1-5-12-14(16)11-9-10(15(3,4)6-2)7-8-13(11)17-12/h7-9,12,14H,5-6,16H2,1-4H3. The molecule has 0 aliphatic carbocycles. The monoisotopic (exact) mass is 233 g/mol. The highest BCUT2D eigenvalue weighted by atomic mass is 16.5. The fraction of sp³-hybridized carbons (Fsp3) is 0.600. The summed E-state index contributed by atoms with van der Waals surface area (Å²) in [5, 5.41) is 0. The van der Waals surface area contributed by atoms with Crippen LogP contribution < -0.4 is 10.5 Å². The summed E-state index contributed by atoms with van der Waals surface area (Å²) in [6.45, 7) is 8.88. The highest BCUT2D eigenvalue weighted by Crippen LogP contribution is 2.39.